The van der Waals surface area contributed by atoms with Gasteiger partial charge in [0.2, 0.25) is 0 Å². The van der Waals surface area contributed by atoms with Crippen molar-refractivity contribution >= 4 is 5.69 Å². The first kappa shape index (κ1) is 13.5. The van der Waals surface area contributed by atoms with E-state index in [-0.39, 0.29) is 11.6 Å². The van der Waals surface area contributed by atoms with Crippen LogP contribution >= 0.6 is 0 Å². The fourth-order valence-electron chi connectivity index (χ4n) is 1.76. The topological polar surface area (TPSA) is 61.8 Å². The van der Waals surface area contributed by atoms with Crippen LogP contribution in [0.4, 0.5) is 10.1 Å². The number of halogens is 1. The van der Waals surface area contributed by atoms with Crippen molar-refractivity contribution in [2.24, 2.45) is 11.7 Å². The van der Waals surface area contributed by atoms with Gasteiger partial charge in [-0.1, -0.05) is 19.9 Å². The molecule has 1 unspecified atom stereocenters. The zero-order valence-electron chi connectivity index (χ0n) is 10.2. The SMILES string of the molecule is CC(C)CC(CN)Nc1cccc(F)c1C#N. The van der Waals surface area contributed by atoms with E-state index >= 15 is 0 Å². The molecule has 0 heterocycles. The van der Waals surface area contributed by atoms with E-state index < -0.39 is 5.82 Å². The van der Waals surface area contributed by atoms with Crippen LogP contribution < -0.4 is 11.1 Å². The van der Waals surface area contributed by atoms with Crippen LogP contribution in [-0.4, -0.2) is 12.6 Å². The molecule has 0 saturated carbocycles. The van der Waals surface area contributed by atoms with Gasteiger partial charge in [-0.2, -0.15) is 5.26 Å². The molecule has 0 aliphatic rings. The summed E-state index contributed by atoms with van der Waals surface area (Å²) in [7, 11) is 0. The van der Waals surface area contributed by atoms with Crippen molar-refractivity contribution in [2.75, 3.05) is 11.9 Å². The monoisotopic (exact) mass is 235 g/mol. The van der Waals surface area contributed by atoms with Gasteiger partial charge in [0.25, 0.3) is 0 Å². The first-order valence-electron chi connectivity index (χ1n) is 5.73. The maximum atomic E-state index is 13.4. The number of benzene rings is 1. The van der Waals surface area contributed by atoms with Crippen LogP contribution in [0, 0.1) is 23.1 Å². The fraction of sp³-hybridized carbons (Fsp3) is 0.462. The maximum absolute atomic E-state index is 13.4. The van der Waals surface area contributed by atoms with Gasteiger partial charge in [-0.25, -0.2) is 4.39 Å². The first-order valence-corrected chi connectivity index (χ1v) is 5.73. The summed E-state index contributed by atoms with van der Waals surface area (Å²) in [6.07, 6.45) is 0.887. The normalized spacial score (nSPS) is 12.2. The highest BCUT2D eigenvalue weighted by atomic mass is 19.1. The van der Waals surface area contributed by atoms with Crippen LogP contribution in [0.3, 0.4) is 0 Å². The molecule has 0 aliphatic heterocycles. The number of nitrogens with two attached hydrogens (primary N) is 1. The van der Waals surface area contributed by atoms with Gasteiger partial charge < -0.3 is 11.1 Å². The summed E-state index contributed by atoms with van der Waals surface area (Å²) >= 11 is 0. The van der Waals surface area contributed by atoms with E-state index in [9.17, 15) is 4.39 Å². The molecule has 0 spiro atoms. The number of anilines is 1. The number of nitrogens with one attached hydrogen (secondary N) is 1. The van der Waals surface area contributed by atoms with Gasteiger partial charge in [0, 0.05) is 12.6 Å². The Morgan fingerprint density at radius 2 is 2.18 bits per heavy atom. The van der Waals surface area contributed by atoms with Crippen molar-refractivity contribution in [3.63, 3.8) is 0 Å². The molecule has 17 heavy (non-hydrogen) atoms. The third kappa shape index (κ3) is 3.72. The summed E-state index contributed by atoms with van der Waals surface area (Å²) in [6, 6.07) is 6.49. The largest absolute Gasteiger partial charge is 0.380 e. The molecule has 0 fully saturated rings. The zero-order valence-corrected chi connectivity index (χ0v) is 10.2. The summed E-state index contributed by atoms with van der Waals surface area (Å²) in [5.74, 6) is -0.00652. The molecule has 1 rings (SSSR count). The standard InChI is InChI=1S/C13H18FN3/c1-9(2)6-10(7-15)17-13-5-3-4-12(14)11(13)8-16/h3-5,9-10,17H,6-7,15H2,1-2H3. The van der Waals surface area contributed by atoms with Gasteiger partial charge in [-0.3, -0.25) is 0 Å². The number of rotatable bonds is 5. The van der Waals surface area contributed by atoms with Crippen molar-refractivity contribution in [1.82, 2.24) is 0 Å². The number of hydrogen-bond acceptors (Lipinski definition) is 3. The molecule has 3 N–H and O–H groups in total. The van der Waals surface area contributed by atoms with Gasteiger partial charge in [0.15, 0.2) is 0 Å². The third-order valence-electron chi connectivity index (χ3n) is 2.53. The molecule has 0 aliphatic carbocycles. The predicted octanol–water partition coefficient (Wildman–Crippen LogP) is 2.48. The Balaban J connectivity index is 2.87. The fourth-order valence-corrected chi connectivity index (χ4v) is 1.76. The van der Waals surface area contributed by atoms with E-state index in [0.717, 1.165) is 6.42 Å². The lowest BCUT2D eigenvalue weighted by Gasteiger charge is -2.20. The lowest BCUT2D eigenvalue weighted by Crippen LogP contribution is -2.30. The molecule has 4 heteroatoms. The molecule has 3 nitrogen and oxygen atoms in total. The lowest BCUT2D eigenvalue weighted by molar-refractivity contribution is 0.521. The van der Waals surface area contributed by atoms with Crippen LogP contribution in [0.15, 0.2) is 18.2 Å². The quantitative estimate of drug-likeness (QED) is 0.824. The second kappa shape index (κ2) is 6.21. The van der Waals surface area contributed by atoms with E-state index in [4.69, 9.17) is 11.0 Å². The van der Waals surface area contributed by atoms with Crippen LogP contribution in [0.5, 0.6) is 0 Å². The molecule has 1 aromatic carbocycles. The Kier molecular flexibility index (Phi) is 4.92. The van der Waals surface area contributed by atoms with E-state index in [1.165, 1.54) is 6.07 Å². The van der Waals surface area contributed by atoms with E-state index in [2.05, 4.69) is 19.2 Å². The molecule has 0 bridgehead atoms. The molecule has 1 aromatic rings. The second-order valence-corrected chi connectivity index (χ2v) is 4.48. The van der Waals surface area contributed by atoms with Gasteiger partial charge in [0.1, 0.15) is 17.4 Å². The summed E-state index contributed by atoms with van der Waals surface area (Å²) < 4.78 is 13.4. The third-order valence-corrected chi connectivity index (χ3v) is 2.53. The first-order chi connectivity index (χ1) is 8.08. The van der Waals surface area contributed by atoms with Crippen LogP contribution in [0.1, 0.15) is 25.8 Å². The highest BCUT2D eigenvalue weighted by molar-refractivity contribution is 5.58. The van der Waals surface area contributed by atoms with Crippen molar-refractivity contribution in [3.8, 4) is 6.07 Å². The van der Waals surface area contributed by atoms with Crippen molar-refractivity contribution < 1.29 is 4.39 Å². The summed E-state index contributed by atoms with van der Waals surface area (Å²) in [6.45, 7) is 4.65. The van der Waals surface area contributed by atoms with Crippen LogP contribution in [-0.2, 0) is 0 Å². The smallest absolute Gasteiger partial charge is 0.143 e. The molecule has 0 radical (unpaired) electrons. The number of hydrogen-bond donors (Lipinski definition) is 2. The molecular weight excluding hydrogens is 217 g/mol. The molecule has 0 amide bonds. The summed E-state index contributed by atoms with van der Waals surface area (Å²) in [5.41, 5.74) is 6.23. The highest BCUT2D eigenvalue weighted by Gasteiger charge is 2.13. The van der Waals surface area contributed by atoms with Crippen molar-refractivity contribution in [1.29, 1.82) is 5.26 Å². The number of nitriles is 1. The van der Waals surface area contributed by atoms with E-state index in [0.29, 0.717) is 18.2 Å². The van der Waals surface area contributed by atoms with Gasteiger partial charge in [-0.15, -0.1) is 0 Å². The van der Waals surface area contributed by atoms with Crippen LogP contribution in [0.2, 0.25) is 0 Å². The Morgan fingerprint density at radius 1 is 1.47 bits per heavy atom. The molecule has 0 aromatic heterocycles. The zero-order chi connectivity index (χ0) is 12.8. The lowest BCUT2D eigenvalue weighted by atomic mass is 10.0. The second-order valence-electron chi connectivity index (χ2n) is 4.48. The average Bonchev–Trinajstić information content (AvgIpc) is 2.28. The summed E-state index contributed by atoms with van der Waals surface area (Å²) in [4.78, 5) is 0. The van der Waals surface area contributed by atoms with E-state index in [1.54, 1.807) is 12.1 Å². The van der Waals surface area contributed by atoms with Crippen LogP contribution in [0.25, 0.3) is 0 Å². The minimum atomic E-state index is -0.502. The minimum absolute atomic E-state index is 0.0507. The Bertz CT molecular complexity index is 410. The van der Waals surface area contributed by atoms with E-state index in [1.807, 2.05) is 6.07 Å². The molecule has 92 valence electrons. The van der Waals surface area contributed by atoms with Crippen molar-refractivity contribution in [2.45, 2.75) is 26.3 Å². The molecular formula is C13H18FN3. The number of nitrogens with zero attached hydrogens (tertiary/aromatic N) is 1. The van der Waals surface area contributed by atoms with Gasteiger partial charge in [0.05, 0.1) is 5.69 Å². The Hall–Kier alpha value is -1.60. The molecule has 0 saturated heterocycles. The Morgan fingerprint density at radius 3 is 2.71 bits per heavy atom. The maximum Gasteiger partial charge on any atom is 0.143 e. The Labute approximate surface area is 101 Å². The highest BCUT2D eigenvalue weighted by Crippen LogP contribution is 2.20. The minimum Gasteiger partial charge on any atom is -0.380 e. The summed E-state index contributed by atoms with van der Waals surface area (Å²) in [5, 5.41) is 12.0. The van der Waals surface area contributed by atoms with Crippen molar-refractivity contribution in [3.05, 3.63) is 29.6 Å². The molecule has 1 atom stereocenters. The predicted molar refractivity (Wildman–Crippen MR) is 67.0 cm³/mol. The average molecular weight is 235 g/mol. The van der Waals surface area contributed by atoms with Gasteiger partial charge in [-0.05, 0) is 24.5 Å². The van der Waals surface area contributed by atoms with Gasteiger partial charge >= 0.3 is 0 Å².